The fourth-order valence-electron chi connectivity index (χ4n) is 2.09. The highest BCUT2D eigenvalue weighted by Gasteiger charge is 2.00. The molecule has 1 N–H and O–H groups in total. The molecule has 0 radical (unpaired) electrons. The van der Waals surface area contributed by atoms with E-state index in [-0.39, 0.29) is 5.56 Å². The van der Waals surface area contributed by atoms with Gasteiger partial charge in [-0.05, 0) is 22.8 Å². The van der Waals surface area contributed by atoms with E-state index in [4.69, 9.17) is 0 Å². The second kappa shape index (κ2) is 4.94. The van der Waals surface area contributed by atoms with Crippen LogP contribution in [0.25, 0.3) is 22.4 Å². The summed E-state index contributed by atoms with van der Waals surface area (Å²) in [6, 6.07) is 23.6. The van der Waals surface area contributed by atoms with Gasteiger partial charge >= 0.3 is 0 Å². The molecule has 19 heavy (non-hydrogen) atoms. The second-order valence-corrected chi connectivity index (χ2v) is 4.37. The zero-order valence-electron chi connectivity index (χ0n) is 10.3. The van der Waals surface area contributed by atoms with Crippen molar-refractivity contribution in [1.82, 2.24) is 4.98 Å². The summed E-state index contributed by atoms with van der Waals surface area (Å²) in [5, 5.41) is 0. The van der Waals surface area contributed by atoms with Crippen LogP contribution < -0.4 is 5.56 Å². The SMILES string of the molecule is O=c1cccc(-c2ccc(-c3ccccc3)cc2)[nH]1. The molecule has 1 aromatic heterocycles. The van der Waals surface area contributed by atoms with Crippen LogP contribution >= 0.6 is 0 Å². The van der Waals surface area contributed by atoms with Crippen LogP contribution in [-0.4, -0.2) is 4.98 Å². The van der Waals surface area contributed by atoms with Gasteiger partial charge in [0, 0.05) is 11.8 Å². The molecule has 0 atom stereocenters. The molecule has 0 aliphatic rings. The molecule has 3 aromatic rings. The third-order valence-corrected chi connectivity index (χ3v) is 3.07. The van der Waals surface area contributed by atoms with Crippen molar-refractivity contribution in [3.8, 4) is 22.4 Å². The predicted octanol–water partition coefficient (Wildman–Crippen LogP) is 3.71. The van der Waals surface area contributed by atoms with Gasteiger partial charge in [-0.1, -0.05) is 60.7 Å². The first-order valence-corrected chi connectivity index (χ1v) is 6.18. The molecular formula is C17H13NO. The molecule has 92 valence electrons. The van der Waals surface area contributed by atoms with Gasteiger partial charge in [-0.3, -0.25) is 4.79 Å². The highest BCUT2D eigenvalue weighted by Crippen LogP contribution is 2.22. The Bertz CT molecular complexity index is 727. The van der Waals surface area contributed by atoms with Gasteiger partial charge in [0.1, 0.15) is 0 Å². The number of pyridine rings is 1. The number of aromatic amines is 1. The van der Waals surface area contributed by atoms with Crippen LogP contribution in [0, 0.1) is 0 Å². The van der Waals surface area contributed by atoms with Crippen LogP contribution in [0.5, 0.6) is 0 Å². The van der Waals surface area contributed by atoms with E-state index in [0.29, 0.717) is 0 Å². The smallest absolute Gasteiger partial charge is 0.248 e. The quantitative estimate of drug-likeness (QED) is 0.735. The van der Waals surface area contributed by atoms with Gasteiger partial charge in [0.05, 0.1) is 0 Å². The molecule has 0 aliphatic carbocycles. The van der Waals surface area contributed by atoms with E-state index in [0.717, 1.165) is 11.3 Å². The fourth-order valence-corrected chi connectivity index (χ4v) is 2.09. The van der Waals surface area contributed by atoms with Crippen molar-refractivity contribution in [2.24, 2.45) is 0 Å². The van der Waals surface area contributed by atoms with Crippen LogP contribution in [0.15, 0.2) is 77.6 Å². The Labute approximate surface area is 111 Å². The maximum atomic E-state index is 11.3. The van der Waals surface area contributed by atoms with E-state index in [9.17, 15) is 4.79 Å². The minimum Gasteiger partial charge on any atom is -0.322 e. The summed E-state index contributed by atoms with van der Waals surface area (Å²) in [6.07, 6.45) is 0. The Balaban J connectivity index is 1.98. The number of aromatic nitrogens is 1. The van der Waals surface area contributed by atoms with Crippen molar-refractivity contribution in [2.75, 3.05) is 0 Å². The number of nitrogens with one attached hydrogen (secondary N) is 1. The van der Waals surface area contributed by atoms with E-state index in [1.54, 1.807) is 6.07 Å². The zero-order chi connectivity index (χ0) is 13.1. The monoisotopic (exact) mass is 247 g/mol. The topological polar surface area (TPSA) is 32.9 Å². The Hall–Kier alpha value is -2.61. The minimum absolute atomic E-state index is 0.0790. The first-order valence-electron chi connectivity index (χ1n) is 6.18. The third-order valence-electron chi connectivity index (χ3n) is 3.07. The van der Waals surface area contributed by atoms with Gasteiger partial charge < -0.3 is 4.98 Å². The van der Waals surface area contributed by atoms with E-state index in [2.05, 4.69) is 29.2 Å². The van der Waals surface area contributed by atoms with Gasteiger partial charge in [0.25, 0.3) is 0 Å². The van der Waals surface area contributed by atoms with Gasteiger partial charge in [-0.15, -0.1) is 0 Å². The van der Waals surface area contributed by atoms with Gasteiger partial charge in [0.15, 0.2) is 0 Å². The molecule has 0 spiro atoms. The Morgan fingerprint density at radius 1 is 0.579 bits per heavy atom. The largest absolute Gasteiger partial charge is 0.322 e. The Kier molecular flexibility index (Phi) is 2.99. The fraction of sp³-hybridized carbons (Fsp3) is 0. The highest BCUT2D eigenvalue weighted by atomic mass is 16.1. The maximum Gasteiger partial charge on any atom is 0.248 e. The van der Waals surface area contributed by atoms with Crippen molar-refractivity contribution < 1.29 is 0 Å². The first kappa shape index (κ1) is 11.5. The van der Waals surface area contributed by atoms with Crippen LogP contribution in [0.1, 0.15) is 0 Å². The lowest BCUT2D eigenvalue weighted by Gasteiger charge is -2.04. The lowest BCUT2D eigenvalue weighted by molar-refractivity contribution is 1.24. The molecule has 2 nitrogen and oxygen atoms in total. The number of benzene rings is 2. The second-order valence-electron chi connectivity index (χ2n) is 4.37. The Morgan fingerprint density at radius 3 is 1.89 bits per heavy atom. The number of hydrogen-bond acceptors (Lipinski definition) is 1. The summed E-state index contributed by atoms with van der Waals surface area (Å²) < 4.78 is 0. The molecule has 0 saturated heterocycles. The highest BCUT2D eigenvalue weighted by molar-refractivity contribution is 5.68. The molecule has 2 aromatic carbocycles. The summed E-state index contributed by atoms with van der Waals surface area (Å²) in [6.45, 7) is 0. The van der Waals surface area contributed by atoms with Crippen molar-refractivity contribution >= 4 is 0 Å². The van der Waals surface area contributed by atoms with Crippen molar-refractivity contribution in [3.63, 3.8) is 0 Å². The molecule has 1 heterocycles. The minimum atomic E-state index is -0.0790. The predicted molar refractivity (Wildman–Crippen MR) is 77.9 cm³/mol. The molecule has 0 saturated carbocycles. The number of H-pyrrole nitrogens is 1. The van der Waals surface area contributed by atoms with E-state index < -0.39 is 0 Å². The zero-order valence-corrected chi connectivity index (χ0v) is 10.3. The van der Waals surface area contributed by atoms with Crippen molar-refractivity contribution in [1.29, 1.82) is 0 Å². The van der Waals surface area contributed by atoms with Gasteiger partial charge in [-0.2, -0.15) is 0 Å². The average Bonchev–Trinajstić information content (AvgIpc) is 2.48. The third kappa shape index (κ3) is 2.47. The average molecular weight is 247 g/mol. The van der Waals surface area contributed by atoms with E-state index in [1.807, 2.05) is 36.4 Å². The Morgan fingerprint density at radius 2 is 1.21 bits per heavy atom. The molecule has 3 rings (SSSR count). The summed E-state index contributed by atoms with van der Waals surface area (Å²) in [7, 11) is 0. The number of hydrogen-bond donors (Lipinski definition) is 1. The van der Waals surface area contributed by atoms with E-state index in [1.165, 1.54) is 17.2 Å². The molecule has 0 unspecified atom stereocenters. The molecule has 0 fully saturated rings. The molecular weight excluding hydrogens is 234 g/mol. The van der Waals surface area contributed by atoms with Crippen molar-refractivity contribution in [2.45, 2.75) is 0 Å². The van der Waals surface area contributed by atoms with E-state index >= 15 is 0 Å². The van der Waals surface area contributed by atoms with Crippen molar-refractivity contribution in [3.05, 3.63) is 83.2 Å². The summed E-state index contributed by atoms with van der Waals surface area (Å²) in [4.78, 5) is 14.1. The first-order chi connectivity index (χ1) is 9.33. The maximum absolute atomic E-state index is 11.3. The lowest BCUT2D eigenvalue weighted by atomic mass is 10.0. The number of rotatable bonds is 2. The van der Waals surface area contributed by atoms with Gasteiger partial charge in [0.2, 0.25) is 5.56 Å². The molecule has 0 bridgehead atoms. The standard InChI is InChI=1S/C17H13NO/c19-17-8-4-7-16(18-17)15-11-9-14(10-12-15)13-5-2-1-3-6-13/h1-12H,(H,18,19). The summed E-state index contributed by atoms with van der Waals surface area (Å²) in [5.74, 6) is 0. The lowest BCUT2D eigenvalue weighted by Crippen LogP contribution is -2.03. The molecule has 0 aliphatic heterocycles. The van der Waals surface area contributed by atoms with Crippen LogP contribution in [0.4, 0.5) is 0 Å². The summed E-state index contributed by atoms with van der Waals surface area (Å²) in [5.41, 5.74) is 4.13. The molecule has 0 amide bonds. The normalized spacial score (nSPS) is 10.3. The van der Waals surface area contributed by atoms with Crippen LogP contribution in [0.2, 0.25) is 0 Å². The molecule has 2 heteroatoms. The van der Waals surface area contributed by atoms with Crippen LogP contribution in [-0.2, 0) is 0 Å². The van der Waals surface area contributed by atoms with Crippen LogP contribution in [0.3, 0.4) is 0 Å². The van der Waals surface area contributed by atoms with Gasteiger partial charge in [-0.25, -0.2) is 0 Å². The summed E-state index contributed by atoms with van der Waals surface area (Å²) >= 11 is 0.